The number of likely N-dealkylation sites (N-methyl/N-ethyl adjacent to an activating group) is 4. The van der Waals surface area contributed by atoms with E-state index in [0.29, 0.717) is 41.7 Å². The SMILES string of the molecule is CC(C)c1cccc(C(C)C)c1-c1ncc2c(n1)N(C)C1Cc3ccccc3N21.CC(C)c1cccc(C(C)C)c1-c1ncc2c(n1)N1c3ccccc3CC1N2C.CC(C)c1cncc(C(C)C)c1-c1ncc2c(n1)N(C)C1Cc3ccccc3N21.Cc1cccc(C)c1-c1ncnc2c1N(c1ccccc1)C1Cc3ccccc3N21.Cc1ccccc1-c1ncc2c(n1)N(C)C1Cc3ccccc3N21. The number of anilines is 16. The first kappa shape index (κ1) is 90.9. The summed E-state index contributed by atoms with van der Waals surface area (Å²) >= 11 is 0. The number of fused-ring (bicyclic) bond motifs is 25. The molecule has 5 unspecified atom stereocenters. The Hall–Kier alpha value is -15.3. The van der Waals surface area contributed by atoms with Gasteiger partial charge in [0, 0.05) is 135 Å². The first-order chi connectivity index (χ1) is 68.4. The zero-order valence-electron chi connectivity index (χ0n) is 84.3. The molecule has 0 radical (unpaired) electrons. The zero-order valence-corrected chi connectivity index (χ0v) is 84.3. The summed E-state index contributed by atoms with van der Waals surface area (Å²) in [5.41, 5.74) is 38.2. The van der Waals surface area contributed by atoms with Crippen molar-refractivity contribution >= 4 is 91.7 Å². The van der Waals surface area contributed by atoms with Crippen LogP contribution in [0.4, 0.5) is 91.7 Å². The van der Waals surface area contributed by atoms with Crippen molar-refractivity contribution in [3.8, 4) is 56.8 Å². The van der Waals surface area contributed by atoms with Crippen molar-refractivity contribution in [2.24, 2.45) is 0 Å². The van der Waals surface area contributed by atoms with Gasteiger partial charge in [-0.05, 0) is 177 Å². The average molecular weight is 1860 g/mol. The third-order valence-corrected chi connectivity index (χ3v) is 30.3. The van der Waals surface area contributed by atoms with Crippen molar-refractivity contribution in [2.45, 2.75) is 202 Å². The second-order valence-corrected chi connectivity index (χ2v) is 40.9. The normalized spacial score (nSPS) is 17.1. The van der Waals surface area contributed by atoms with Crippen molar-refractivity contribution < 1.29 is 0 Å². The third kappa shape index (κ3) is 15.5. The van der Waals surface area contributed by atoms with E-state index in [4.69, 9.17) is 44.9 Å². The van der Waals surface area contributed by atoms with Gasteiger partial charge in [0.15, 0.2) is 52.4 Å². The summed E-state index contributed by atoms with van der Waals surface area (Å²) in [6, 6.07) is 81.8. The van der Waals surface area contributed by atoms with Gasteiger partial charge in [-0.25, -0.2) is 49.8 Å². The van der Waals surface area contributed by atoms with Crippen LogP contribution in [0, 0.1) is 20.8 Å². The number of aromatic nitrogens is 11. The molecule has 0 aliphatic carbocycles. The van der Waals surface area contributed by atoms with E-state index in [0.717, 1.165) is 130 Å². The maximum atomic E-state index is 5.17. The van der Waals surface area contributed by atoms with Gasteiger partial charge in [0.05, 0.1) is 24.8 Å². The van der Waals surface area contributed by atoms with Gasteiger partial charge in [-0.2, -0.15) is 0 Å². The van der Waals surface area contributed by atoms with Crippen LogP contribution in [0.1, 0.15) is 196 Å². The van der Waals surface area contributed by atoms with Gasteiger partial charge in [0.1, 0.15) is 71.3 Å². The Morgan fingerprint density at radius 3 is 0.972 bits per heavy atom. The lowest BCUT2D eigenvalue weighted by molar-refractivity contribution is 0.699. The molecule has 16 heterocycles. The van der Waals surface area contributed by atoms with Crippen LogP contribution in [-0.2, 0) is 32.1 Å². The minimum atomic E-state index is 0.166. The predicted octanol–water partition coefficient (Wildman–Crippen LogP) is 26.8. The van der Waals surface area contributed by atoms with E-state index in [1.807, 2.05) is 49.3 Å². The molecular weight excluding hydrogens is 1740 g/mol. The maximum Gasteiger partial charge on any atom is 0.162 e. The standard InChI is InChI=1S/C26H22N4.2C25H28N4.C24H27N5.C20H18N4/c1-17-9-8-10-18(2)23(17)24-25-26(28-16-27-24)30-21-14-7-6-11-19(21)15-22(30)29(25)20-12-4-3-5-13-20;1-15(2)18-10-8-11-19(16(3)4)23(18)24-26-14-21-25(27-24)28(5)22-13-17-9-6-7-12-20(17)29(21)22;1-15(2)18-10-8-11-19(16(3)4)23(18)24-26-14-21-25(27-24)29-20-12-7-6-9-17(20)13-22(29)28(21)5;1-14(2)17-11-25-12-18(15(3)4)22(17)23-26-13-20-24(27-23)28(5)21-10-16-8-6-7-9-19(16)29(20)21;1-13-7-3-5-9-15(13)19-21-12-17-20(22-19)23(2)18-11-14-8-4-6-10-16(14)24(17)18/h3-14,16,22H,15H2,1-2H3;2*6-12,14-16,22H,13H2,1-5H3;6-9,11-15,21H,10H2,1-5H3;3-10,12,18H,11H2,1-2H3. The van der Waals surface area contributed by atoms with Crippen LogP contribution < -0.4 is 49.0 Å². The summed E-state index contributed by atoms with van der Waals surface area (Å²) in [6.07, 6.45) is 20.0. The Morgan fingerprint density at radius 2 is 0.560 bits per heavy atom. The molecule has 5 atom stereocenters. The number of hydrogen-bond donors (Lipinski definition) is 0. The molecule has 21 heteroatoms. The van der Waals surface area contributed by atoms with Gasteiger partial charge in [-0.3, -0.25) is 4.98 Å². The largest absolute Gasteiger partial charge is 0.349 e. The highest BCUT2D eigenvalue weighted by Crippen LogP contribution is 2.58. The molecule has 6 aromatic heterocycles. The summed E-state index contributed by atoms with van der Waals surface area (Å²) in [6.45, 7) is 33.2. The zero-order chi connectivity index (χ0) is 97.4. The van der Waals surface area contributed by atoms with Gasteiger partial charge in [0.25, 0.3) is 0 Å². The Kier molecular flexibility index (Phi) is 23.5. The molecule has 708 valence electrons. The highest BCUT2D eigenvalue weighted by atomic mass is 15.5. The first-order valence-corrected chi connectivity index (χ1v) is 50.2. The Morgan fingerprint density at radius 1 is 0.241 bits per heavy atom. The summed E-state index contributed by atoms with van der Waals surface area (Å²) in [5.74, 6) is 10.8. The number of nitrogens with zero attached hydrogens (tertiary/aromatic N) is 21. The fraction of sp³-hybridized carbons (Fsp3) is 0.292. The van der Waals surface area contributed by atoms with E-state index < -0.39 is 0 Å². The van der Waals surface area contributed by atoms with Crippen LogP contribution in [0.2, 0.25) is 0 Å². The van der Waals surface area contributed by atoms with E-state index >= 15 is 0 Å². The smallest absolute Gasteiger partial charge is 0.162 e. The lowest BCUT2D eigenvalue weighted by atomic mass is 9.88. The molecule has 0 saturated carbocycles. The van der Waals surface area contributed by atoms with E-state index in [9.17, 15) is 0 Å². The number of aryl methyl sites for hydroxylation is 3. The fourth-order valence-electron chi connectivity index (χ4n) is 23.2. The van der Waals surface area contributed by atoms with Crippen LogP contribution in [0.3, 0.4) is 0 Å². The Balaban J connectivity index is 0.000000101. The van der Waals surface area contributed by atoms with Gasteiger partial charge >= 0.3 is 0 Å². The number of benzene rings is 10. The molecule has 141 heavy (non-hydrogen) atoms. The molecule has 0 saturated heterocycles. The van der Waals surface area contributed by atoms with Gasteiger partial charge in [0.2, 0.25) is 0 Å². The topological polar surface area (TPSA) is 174 Å². The van der Waals surface area contributed by atoms with Crippen LogP contribution >= 0.6 is 0 Å². The van der Waals surface area contributed by atoms with E-state index in [-0.39, 0.29) is 24.7 Å². The van der Waals surface area contributed by atoms with Crippen molar-refractivity contribution in [1.82, 2.24) is 54.8 Å². The maximum absolute atomic E-state index is 5.17. The quantitative estimate of drug-likeness (QED) is 0.113. The van der Waals surface area contributed by atoms with Gasteiger partial charge < -0.3 is 49.0 Å². The highest BCUT2D eigenvalue weighted by Gasteiger charge is 2.50. The lowest BCUT2D eigenvalue weighted by Crippen LogP contribution is -2.36. The number of para-hydroxylation sites is 6. The number of rotatable bonds is 12. The van der Waals surface area contributed by atoms with Crippen molar-refractivity contribution in [3.63, 3.8) is 0 Å². The van der Waals surface area contributed by atoms with Gasteiger partial charge in [-0.15, -0.1) is 0 Å². The van der Waals surface area contributed by atoms with Gasteiger partial charge in [-0.1, -0.05) is 271 Å². The minimum absolute atomic E-state index is 0.166. The monoisotopic (exact) mass is 1860 g/mol. The van der Waals surface area contributed by atoms with Crippen molar-refractivity contribution in [2.75, 3.05) is 77.2 Å². The molecule has 21 nitrogen and oxygen atoms in total. The minimum Gasteiger partial charge on any atom is -0.349 e. The number of pyridine rings is 1. The van der Waals surface area contributed by atoms with Crippen molar-refractivity contribution in [1.29, 1.82) is 0 Å². The molecule has 16 aromatic rings. The lowest BCUT2D eigenvalue weighted by Gasteiger charge is -2.28. The first-order valence-electron chi connectivity index (χ1n) is 50.2. The molecule has 10 aliphatic rings. The molecule has 0 amide bonds. The molecule has 0 fully saturated rings. The van der Waals surface area contributed by atoms with E-state index in [2.05, 4.69) is 409 Å². The van der Waals surface area contributed by atoms with E-state index in [1.54, 1.807) is 6.33 Å². The average Bonchev–Trinajstić information content (AvgIpc) is 1.55. The molecule has 10 aromatic carbocycles. The van der Waals surface area contributed by atoms with Crippen LogP contribution in [-0.4, -0.2) is 114 Å². The molecular formula is C120H123N21. The second kappa shape index (κ2) is 36.5. The third-order valence-electron chi connectivity index (χ3n) is 30.3. The Labute approximate surface area is 829 Å². The highest BCUT2D eigenvalue weighted by molar-refractivity contribution is 5.98. The fourth-order valence-corrected chi connectivity index (χ4v) is 23.2. The summed E-state index contributed by atoms with van der Waals surface area (Å²) in [7, 11) is 8.58. The summed E-state index contributed by atoms with van der Waals surface area (Å²) in [5, 5.41) is 0. The van der Waals surface area contributed by atoms with E-state index in [1.165, 1.54) is 129 Å². The van der Waals surface area contributed by atoms with Crippen LogP contribution in [0.5, 0.6) is 0 Å². The molecule has 0 bridgehead atoms. The Bertz CT molecular complexity index is 7240. The van der Waals surface area contributed by atoms with Crippen LogP contribution in [0.15, 0.2) is 274 Å². The van der Waals surface area contributed by atoms with Crippen molar-refractivity contribution in [3.05, 3.63) is 352 Å². The summed E-state index contributed by atoms with van der Waals surface area (Å²) < 4.78 is 0. The predicted molar refractivity (Wildman–Crippen MR) is 576 cm³/mol. The summed E-state index contributed by atoms with van der Waals surface area (Å²) in [4.78, 5) is 77.2. The number of hydrogen-bond acceptors (Lipinski definition) is 21. The second-order valence-electron chi connectivity index (χ2n) is 40.9. The molecule has 0 spiro atoms. The van der Waals surface area contributed by atoms with Crippen LogP contribution in [0.25, 0.3) is 56.8 Å². The molecule has 26 rings (SSSR count). The molecule has 0 N–H and O–H groups in total. The molecule has 10 aliphatic heterocycles.